The first-order valence-corrected chi connectivity index (χ1v) is 13.5. The van der Waals surface area contributed by atoms with E-state index in [2.05, 4.69) is 20.9 Å². The third-order valence-corrected chi connectivity index (χ3v) is 8.39. The van der Waals surface area contributed by atoms with E-state index in [1.54, 1.807) is 12.4 Å². The standard InChI is InChI=1S/C27H34F2N6O3/c1-15-8-19(14-31-13-15)33-22(9-16-2-3-16)26(38)35-20-4-5-21(27(28,29)11-20)23(35)25(37)34-18(12-30)10-17-6-7-32-24(17)36/h8,13-14,16-18,20-23,33H,2-7,9-11H2,1H3,(H,32,36)(H,34,37)/t17-,18+,20+,21+,22+,23+/m0/s1. The van der Waals surface area contributed by atoms with E-state index in [9.17, 15) is 19.6 Å². The first-order chi connectivity index (χ1) is 18.2. The maximum Gasteiger partial charge on any atom is 0.255 e. The van der Waals surface area contributed by atoms with Crippen LogP contribution in [-0.2, 0) is 14.4 Å². The summed E-state index contributed by atoms with van der Waals surface area (Å²) >= 11 is 0. The molecular weight excluding hydrogens is 494 g/mol. The number of alkyl halides is 2. The summed E-state index contributed by atoms with van der Waals surface area (Å²) in [6.45, 7) is 2.39. The molecule has 9 nitrogen and oxygen atoms in total. The molecule has 2 aliphatic carbocycles. The van der Waals surface area contributed by atoms with E-state index in [1.807, 2.05) is 19.1 Å². The number of hydrogen-bond donors (Lipinski definition) is 3. The number of carbonyl (C=O) groups excluding carboxylic acids is 3. The number of hydrogen-bond acceptors (Lipinski definition) is 6. The van der Waals surface area contributed by atoms with Crippen molar-refractivity contribution in [3.63, 3.8) is 0 Å². The number of nitrogens with zero attached hydrogens (tertiary/aromatic N) is 3. The number of halogens is 2. The Bertz CT molecular complexity index is 1140. The Morgan fingerprint density at radius 3 is 2.66 bits per heavy atom. The van der Waals surface area contributed by atoms with Crippen LogP contribution in [0.5, 0.6) is 0 Å². The third-order valence-electron chi connectivity index (χ3n) is 8.39. The molecule has 6 atom stereocenters. The maximum absolute atomic E-state index is 15.1. The summed E-state index contributed by atoms with van der Waals surface area (Å²) < 4.78 is 30.2. The van der Waals surface area contributed by atoms with E-state index in [0.717, 1.165) is 18.4 Å². The number of nitrogens with one attached hydrogen (secondary N) is 3. The molecule has 0 aromatic carbocycles. The highest BCUT2D eigenvalue weighted by molar-refractivity contribution is 5.92. The van der Waals surface area contributed by atoms with Gasteiger partial charge in [0.1, 0.15) is 18.1 Å². The van der Waals surface area contributed by atoms with Gasteiger partial charge in [-0.3, -0.25) is 19.4 Å². The number of pyridine rings is 1. The van der Waals surface area contributed by atoms with Gasteiger partial charge in [-0.05, 0) is 56.6 Å². The lowest BCUT2D eigenvalue weighted by molar-refractivity contribution is -0.194. The van der Waals surface area contributed by atoms with Crippen LogP contribution in [0.4, 0.5) is 14.5 Å². The van der Waals surface area contributed by atoms with Gasteiger partial charge in [-0.25, -0.2) is 8.78 Å². The molecule has 0 unspecified atom stereocenters. The Balaban J connectivity index is 1.38. The van der Waals surface area contributed by atoms with Crippen molar-refractivity contribution in [3.8, 4) is 6.07 Å². The Kier molecular flexibility index (Phi) is 7.25. The molecular formula is C27H34F2N6O3. The van der Waals surface area contributed by atoms with E-state index in [0.29, 0.717) is 37.4 Å². The minimum atomic E-state index is -3.09. The first kappa shape index (κ1) is 26.3. The Hall–Kier alpha value is -3.29. The number of aryl methyl sites for hydroxylation is 1. The van der Waals surface area contributed by atoms with Crippen molar-refractivity contribution in [2.24, 2.45) is 17.8 Å². The van der Waals surface area contributed by atoms with Gasteiger partial charge in [0.15, 0.2) is 0 Å². The van der Waals surface area contributed by atoms with Gasteiger partial charge in [-0.15, -0.1) is 0 Å². The molecule has 2 saturated carbocycles. The van der Waals surface area contributed by atoms with E-state index < -0.39 is 54.3 Å². The molecule has 3 amide bonds. The molecule has 3 aliphatic heterocycles. The summed E-state index contributed by atoms with van der Waals surface area (Å²) in [6, 6.07) is 0.0408. The van der Waals surface area contributed by atoms with Crippen molar-refractivity contribution in [3.05, 3.63) is 24.0 Å². The van der Waals surface area contributed by atoms with Gasteiger partial charge in [0.25, 0.3) is 5.92 Å². The smallest absolute Gasteiger partial charge is 0.255 e. The quantitative estimate of drug-likeness (QED) is 0.452. The van der Waals surface area contributed by atoms with Crippen LogP contribution in [0.25, 0.3) is 0 Å². The molecule has 6 rings (SSSR count). The monoisotopic (exact) mass is 528 g/mol. The van der Waals surface area contributed by atoms with Crippen molar-refractivity contribution < 1.29 is 23.2 Å². The number of piperidine rings is 2. The van der Waals surface area contributed by atoms with Crippen molar-refractivity contribution in [1.82, 2.24) is 20.5 Å². The zero-order valence-electron chi connectivity index (χ0n) is 21.5. The molecule has 11 heteroatoms. The fourth-order valence-electron chi connectivity index (χ4n) is 6.30. The molecule has 2 bridgehead atoms. The van der Waals surface area contributed by atoms with Crippen LogP contribution in [0.1, 0.15) is 56.9 Å². The van der Waals surface area contributed by atoms with Crippen LogP contribution in [0.3, 0.4) is 0 Å². The van der Waals surface area contributed by atoms with Gasteiger partial charge < -0.3 is 20.9 Å². The lowest BCUT2D eigenvalue weighted by Crippen LogP contribution is -2.70. The van der Waals surface area contributed by atoms with Crippen LogP contribution in [-0.4, -0.2) is 64.2 Å². The summed E-state index contributed by atoms with van der Waals surface area (Å²) in [5.41, 5.74) is 1.58. The molecule has 0 radical (unpaired) electrons. The number of carbonyl (C=O) groups is 3. The molecule has 1 aromatic rings. The Morgan fingerprint density at radius 1 is 1.24 bits per heavy atom. The van der Waals surface area contributed by atoms with Crippen molar-refractivity contribution in [2.75, 3.05) is 11.9 Å². The number of rotatable bonds is 9. The Labute approximate surface area is 220 Å². The second-order valence-corrected chi connectivity index (χ2v) is 11.3. The minimum absolute atomic E-state index is 0.103. The molecule has 5 aliphatic rings. The first-order valence-electron chi connectivity index (χ1n) is 13.5. The largest absolute Gasteiger partial charge is 0.372 e. The van der Waals surface area contributed by atoms with Crippen LogP contribution < -0.4 is 16.0 Å². The minimum Gasteiger partial charge on any atom is -0.372 e. The number of anilines is 1. The van der Waals surface area contributed by atoms with E-state index >= 15 is 8.78 Å². The molecule has 4 heterocycles. The number of fused-ring (bicyclic) bond motifs is 3. The number of nitriles is 1. The van der Waals surface area contributed by atoms with Crippen LogP contribution >= 0.6 is 0 Å². The highest BCUT2D eigenvalue weighted by Crippen LogP contribution is 2.49. The second kappa shape index (κ2) is 10.5. The average molecular weight is 529 g/mol. The molecule has 0 spiro atoms. The summed E-state index contributed by atoms with van der Waals surface area (Å²) in [5, 5.41) is 18.2. The van der Waals surface area contributed by atoms with E-state index in [1.165, 1.54) is 4.90 Å². The fourth-order valence-corrected chi connectivity index (χ4v) is 6.30. The number of aromatic nitrogens is 1. The fraction of sp³-hybridized carbons (Fsp3) is 0.667. The normalized spacial score (nSPS) is 29.2. The lowest BCUT2D eigenvalue weighted by Gasteiger charge is -2.54. The molecule has 1 aromatic heterocycles. The van der Waals surface area contributed by atoms with Gasteiger partial charge in [0.2, 0.25) is 17.7 Å². The Morgan fingerprint density at radius 2 is 2.03 bits per heavy atom. The van der Waals surface area contributed by atoms with E-state index in [4.69, 9.17) is 0 Å². The van der Waals surface area contributed by atoms with Crippen LogP contribution in [0.2, 0.25) is 0 Å². The topological polar surface area (TPSA) is 127 Å². The molecule has 3 N–H and O–H groups in total. The predicted octanol–water partition coefficient (Wildman–Crippen LogP) is 2.52. The number of amides is 3. The van der Waals surface area contributed by atoms with Crippen molar-refractivity contribution >= 4 is 23.4 Å². The van der Waals surface area contributed by atoms with Gasteiger partial charge >= 0.3 is 0 Å². The summed E-state index contributed by atoms with van der Waals surface area (Å²) in [5.74, 6) is -5.77. The third kappa shape index (κ3) is 5.45. The molecule has 204 valence electrons. The van der Waals surface area contributed by atoms with Crippen LogP contribution in [0.15, 0.2) is 18.5 Å². The van der Waals surface area contributed by atoms with Gasteiger partial charge in [-0.1, -0.05) is 12.8 Å². The SMILES string of the molecule is Cc1cncc(N[C@H](CC2CC2)C(=O)N2[C@@H]3CC[C@H]([C@@H]2C(=O)N[C@@H](C#N)C[C@@H]2CCNC2=O)C(F)(F)C3)c1. The lowest BCUT2D eigenvalue weighted by atomic mass is 9.71. The van der Waals surface area contributed by atoms with Gasteiger partial charge in [0, 0.05) is 37.3 Å². The molecule has 5 fully saturated rings. The van der Waals surface area contributed by atoms with Crippen LogP contribution in [0, 0.1) is 36.0 Å². The summed E-state index contributed by atoms with van der Waals surface area (Å²) in [7, 11) is 0. The molecule has 38 heavy (non-hydrogen) atoms. The maximum atomic E-state index is 15.1. The van der Waals surface area contributed by atoms with E-state index in [-0.39, 0.29) is 24.7 Å². The average Bonchev–Trinajstić information content (AvgIpc) is 3.61. The van der Waals surface area contributed by atoms with Gasteiger partial charge in [-0.2, -0.15) is 5.26 Å². The predicted molar refractivity (Wildman–Crippen MR) is 134 cm³/mol. The van der Waals surface area contributed by atoms with Crippen molar-refractivity contribution in [1.29, 1.82) is 5.26 Å². The zero-order valence-corrected chi connectivity index (χ0v) is 21.5. The molecule has 3 saturated heterocycles. The summed E-state index contributed by atoms with van der Waals surface area (Å²) in [4.78, 5) is 45.1. The second-order valence-electron chi connectivity index (χ2n) is 11.3. The van der Waals surface area contributed by atoms with Crippen molar-refractivity contribution in [2.45, 2.75) is 88.4 Å². The van der Waals surface area contributed by atoms with Gasteiger partial charge in [0.05, 0.1) is 17.7 Å². The highest BCUT2D eigenvalue weighted by Gasteiger charge is 2.61. The summed E-state index contributed by atoms with van der Waals surface area (Å²) in [6.07, 6.45) is 6.59. The highest BCUT2D eigenvalue weighted by atomic mass is 19.3. The zero-order chi connectivity index (χ0) is 27.0.